The zero-order valence-corrected chi connectivity index (χ0v) is 15.1. The van der Waals surface area contributed by atoms with Gasteiger partial charge < -0.3 is 10.4 Å². The molecule has 0 radical (unpaired) electrons. The summed E-state index contributed by atoms with van der Waals surface area (Å²) in [5.74, 6) is 0.0632. The number of carboxylic acid groups (broad SMARTS) is 1. The van der Waals surface area contributed by atoms with Gasteiger partial charge in [0, 0.05) is 30.4 Å². The summed E-state index contributed by atoms with van der Waals surface area (Å²) < 4.78 is 0. The molecule has 0 atom stereocenters. The molecule has 0 unspecified atom stereocenters. The molecule has 1 aromatic carbocycles. The third-order valence-corrected chi connectivity index (χ3v) is 6.87. The van der Waals surface area contributed by atoms with E-state index < -0.39 is 5.97 Å². The first-order chi connectivity index (χ1) is 12.6. The molecule has 2 N–H and O–H groups in total. The van der Waals surface area contributed by atoms with E-state index >= 15 is 0 Å². The SMILES string of the molecule is O=C(O)C1CC2(CCN(Cc3ccc4c(c3)Nc3nccnc3S4)C2)C1. The molecule has 3 aliphatic rings. The lowest BCUT2D eigenvalue weighted by atomic mass is 9.61. The second kappa shape index (κ2) is 5.96. The molecule has 0 amide bonds. The predicted octanol–water partition coefficient (Wildman–Crippen LogP) is 3.37. The van der Waals surface area contributed by atoms with Gasteiger partial charge in [-0.3, -0.25) is 9.69 Å². The van der Waals surface area contributed by atoms with E-state index in [-0.39, 0.29) is 11.3 Å². The number of fused-ring (bicyclic) bond motifs is 2. The maximum atomic E-state index is 11.1. The van der Waals surface area contributed by atoms with Gasteiger partial charge >= 0.3 is 5.97 Å². The average Bonchev–Trinajstić information content (AvgIpc) is 3.03. The largest absolute Gasteiger partial charge is 0.481 e. The Hall–Kier alpha value is -2.12. The number of rotatable bonds is 3. The highest BCUT2D eigenvalue weighted by Crippen LogP contribution is 2.52. The summed E-state index contributed by atoms with van der Waals surface area (Å²) in [5.41, 5.74) is 2.61. The quantitative estimate of drug-likeness (QED) is 0.734. The number of carboxylic acids is 1. The highest BCUT2D eigenvalue weighted by Gasteiger charge is 2.50. The molecule has 7 heteroatoms. The first-order valence-corrected chi connectivity index (χ1v) is 9.76. The predicted molar refractivity (Wildman–Crippen MR) is 98.6 cm³/mol. The lowest BCUT2D eigenvalue weighted by Gasteiger charge is -2.43. The summed E-state index contributed by atoms with van der Waals surface area (Å²) in [6.07, 6.45) is 6.23. The lowest BCUT2D eigenvalue weighted by Crippen LogP contribution is -2.42. The van der Waals surface area contributed by atoms with Crippen molar-refractivity contribution in [2.75, 3.05) is 18.4 Å². The van der Waals surface area contributed by atoms with Gasteiger partial charge in [0.2, 0.25) is 0 Å². The number of aromatic nitrogens is 2. The van der Waals surface area contributed by atoms with Crippen molar-refractivity contribution in [3.63, 3.8) is 0 Å². The first kappa shape index (κ1) is 16.1. The number of benzene rings is 1. The Bertz CT molecular complexity index is 882. The van der Waals surface area contributed by atoms with Crippen molar-refractivity contribution < 1.29 is 9.90 Å². The fraction of sp³-hybridized carbons (Fsp3) is 0.421. The van der Waals surface area contributed by atoms with Crippen LogP contribution in [0.15, 0.2) is 40.5 Å². The normalized spacial score (nSPS) is 26.7. The second-order valence-electron chi connectivity index (χ2n) is 7.67. The van der Waals surface area contributed by atoms with Crippen LogP contribution in [-0.2, 0) is 11.3 Å². The molecule has 134 valence electrons. The molecule has 1 saturated heterocycles. The number of carbonyl (C=O) groups is 1. The van der Waals surface area contributed by atoms with Crippen molar-refractivity contribution in [1.82, 2.24) is 14.9 Å². The van der Waals surface area contributed by atoms with E-state index in [0.29, 0.717) is 0 Å². The number of aliphatic carboxylic acids is 1. The van der Waals surface area contributed by atoms with Gasteiger partial charge in [0.15, 0.2) is 5.82 Å². The molecule has 1 spiro atoms. The molecule has 1 saturated carbocycles. The van der Waals surface area contributed by atoms with Crippen LogP contribution in [0.5, 0.6) is 0 Å². The van der Waals surface area contributed by atoms with Crippen LogP contribution in [0.25, 0.3) is 0 Å². The summed E-state index contributed by atoms with van der Waals surface area (Å²) in [4.78, 5) is 23.4. The van der Waals surface area contributed by atoms with Crippen molar-refractivity contribution in [1.29, 1.82) is 0 Å². The number of nitrogens with one attached hydrogen (secondary N) is 1. The van der Waals surface area contributed by atoms with Crippen molar-refractivity contribution >= 4 is 29.2 Å². The van der Waals surface area contributed by atoms with Gasteiger partial charge in [-0.1, -0.05) is 17.8 Å². The fourth-order valence-corrected chi connectivity index (χ4v) is 5.37. The Morgan fingerprint density at radius 1 is 1.35 bits per heavy atom. The molecule has 2 aromatic rings. The van der Waals surface area contributed by atoms with E-state index in [1.54, 1.807) is 24.2 Å². The van der Waals surface area contributed by atoms with Gasteiger partial charge in [-0.25, -0.2) is 9.97 Å². The van der Waals surface area contributed by atoms with E-state index in [4.69, 9.17) is 5.11 Å². The minimum Gasteiger partial charge on any atom is -0.481 e. The van der Waals surface area contributed by atoms with Crippen molar-refractivity contribution in [3.05, 3.63) is 36.2 Å². The lowest BCUT2D eigenvalue weighted by molar-refractivity contribution is -0.149. The standard InChI is InChI=1S/C19H20N4O2S/c24-18(25)13-8-19(9-13)3-6-23(11-19)10-12-1-2-15-14(7-12)22-16-17(26-15)21-5-4-20-16/h1-2,4-5,7,13H,3,6,8-11H2,(H,20,22)(H,24,25). The molecular weight excluding hydrogens is 348 g/mol. The third kappa shape index (κ3) is 2.75. The molecule has 1 aromatic heterocycles. The molecular formula is C19H20N4O2S. The maximum absolute atomic E-state index is 11.1. The zero-order chi connectivity index (χ0) is 17.7. The second-order valence-corrected chi connectivity index (χ2v) is 8.70. The average molecular weight is 368 g/mol. The summed E-state index contributed by atoms with van der Waals surface area (Å²) in [6.45, 7) is 2.98. The van der Waals surface area contributed by atoms with E-state index in [0.717, 1.165) is 55.4 Å². The Kier molecular flexibility index (Phi) is 3.68. The molecule has 6 nitrogen and oxygen atoms in total. The van der Waals surface area contributed by atoms with Gasteiger partial charge in [0.1, 0.15) is 5.03 Å². The highest BCUT2D eigenvalue weighted by molar-refractivity contribution is 7.99. The number of likely N-dealkylation sites (tertiary alicyclic amines) is 1. The van der Waals surface area contributed by atoms with Crippen LogP contribution in [0, 0.1) is 11.3 Å². The highest BCUT2D eigenvalue weighted by atomic mass is 32.2. The van der Waals surface area contributed by atoms with Gasteiger partial charge in [-0.2, -0.15) is 0 Å². The maximum Gasteiger partial charge on any atom is 0.306 e. The summed E-state index contributed by atoms with van der Waals surface area (Å²) in [5, 5.41) is 13.4. The molecule has 2 aliphatic heterocycles. The summed E-state index contributed by atoms with van der Waals surface area (Å²) >= 11 is 1.64. The van der Waals surface area contributed by atoms with Crippen LogP contribution in [0.1, 0.15) is 24.8 Å². The van der Waals surface area contributed by atoms with Gasteiger partial charge in [0.25, 0.3) is 0 Å². The number of hydrogen-bond acceptors (Lipinski definition) is 6. The van der Waals surface area contributed by atoms with Crippen molar-refractivity contribution in [2.45, 2.75) is 35.7 Å². The summed E-state index contributed by atoms with van der Waals surface area (Å²) in [7, 11) is 0. The van der Waals surface area contributed by atoms with Crippen LogP contribution in [0.4, 0.5) is 11.5 Å². The van der Waals surface area contributed by atoms with Gasteiger partial charge in [-0.15, -0.1) is 0 Å². The van der Waals surface area contributed by atoms with Crippen LogP contribution in [-0.4, -0.2) is 39.0 Å². The van der Waals surface area contributed by atoms with E-state index in [1.807, 2.05) is 0 Å². The van der Waals surface area contributed by atoms with Crippen LogP contribution in [0.3, 0.4) is 0 Å². The molecule has 26 heavy (non-hydrogen) atoms. The van der Waals surface area contributed by atoms with E-state index in [1.165, 1.54) is 10.5 Å². The topological polar surface area (TPSA) is 78.4 Å². The Morgan fingerprint density at radius 2 is 2.19 bits per heavy atom. The molecule has 3 heterocycles. The monoisotopic (exact) mass is 368 g/mol. The first-order valence-electron chi connectivity index (χ1n) is 8.94. The Balaban J connectivity index is 1.26. The van der Waals surface area contributed by atoms with E-state index in [2.05, 4.69) is 38.4 Å². The Morgan fingerprint density at radius 3 is 3.04 bits per heavy atom. The minimum absolute atomic E-state index is 0.124. The van der Waals surface area contributed by atoms with E-state index in [9.17, 15) is 4.79 Å². The zero-order valence-electron chi connectivity index (χ0n) is 14.3. The fourth-order valence-electron chi connectivity index (χ4n) is 4.49. The molecule has 0 bridgehead atoms. The Labute approximate surface area is 156 Å². The number of nitrogens with zero attached hydrogens (tertiary/aromatic N) is 3. The molecule has 5 rings (SSSR count). The van der Waals surface area contributed by atoms with Crippen molar-refractivity contribution in [3.8, 4) is 0 Å². The number of hydrogen-bond donors (Lipinski definition) is 2. The minimum atomic E-state index is -0.629. The van der Waals surface area contributed by atoms with Crippen LogP contribution >= 0.6 is 11.8 Å². The van der Waals surface area contributed by atoms with Crippen molar-refractivity contribution in [2.24, 2.45) is 11.3 Å². The summed E-state index contributed by atoms with van der Waals surface area (Å²) in [6, 6.07) is 6.53. The third-order valence-electron chi connectivity index (χ3n) is 5.80. The van der Waals surface area contributed by atoms with Crippen LogP contribution < -0.4 is 5.32 Å². The van der Waals surface area contributed by atoms with Crippen LogP contribution in [0.2, 0.25) is 0 Å². The van der Waals surface area contributed by atoms with Gasteiger partial charge in [0.05, 0.1) is 11.6 Å². The molecule has 1 aliphatic carbocycles. The molecule has 2 fully saturated rings. The number of anilines is 2. The van der Waals surface area contributed by atoms with Gasteiger partial charge in [-0.05, 0) is 48.9 Å². The smallest absolute Gasteiger partial charge is 0.306 e.